The fraction of sp³-hybridized carbons (Fsp3) is 0.784. The topological polar surface area (TPSA) is 216 Å². The van der Waals surface area contributed by atoms with E-state index in [1.807, 2.05) is 37.3 Å². The number of aliphatic hydroxyl groups excluding tert-OH is 2. The van der Waals surface area contributed by atoms with Gasteiger partial charge in [-0.3, -0.25) is 23.2 Å². The number of hydrogen-bond acceptors (Lipinski definition) is 11. The van der Waals surface area contributed by atoms with Crippen LogP contribution >= 0.6 is 15.6 Å². The van der Waals surface area contributed by atoms with Crippen LogP contribution in [0.15, 0.2) is 36.5 Å². The average molecular weight is 799 g/mol. The van der Waals surface area contributed by atoms with Gasteiger partial charge in [-0.05, 0) is 44.4 Å². The molecular weight excluding hydrogens is 730 g/mol. The maximum Gasteiger partial charge on any atom is 0.472 e. The quantitative estimate of drug-likeness (QED) is 0.0136. The fourth-order valence-corrected chi connectivity index (χ4v) is 5.98. The van der Waals surface area contributed by atoms with Gasteiger partial charge < -0.3 is 34.4 Å². The first kappa shape index (κ1) is 51.3. The summed E-state index contributed by atoms with van der Waals surface area (Å²) in [6, 6.07) is 0. The minimum atomic E-state index is -4.87. The van der Waals surface area contributed by atoms with Gasteiger partial charge in [0.05, 0.1) is 25.9 Å². The number of phosphoric ester groups is 2. The molecule has 0 aromatic carbocycles. The minimum Gasteiger partial charge on any atom is -0.462 e. The van der Waals surface area contributed by atoms with Crippen molar-refractivity contribution in [2.75, 3.05) is 26.4 Å². The van der Waals surface area contributed by atoms with Gasteiger partial charge in [0, 0.05) is 12.8 Å². The lowest BCUT2D eigenvalue weighted by Gasteiger charge is -2.20. The molecule has 0 fully saturated rings. The Bertz CT molecular complexity index is 1120. The van der Waals surface area contributed by atoms with Crippen molar-refractivity contribution in [2.45, 2.75) is 155 Å². The monoisotopic (exact) mass is 798 g/mol. The highest BCUT2D eigenvalue weighted by atomic mass is 31.2. The summed E-state index contributed by atoms with van der Waals surface area (Å²) in [6.45, 7) is 3.73. The van der Waals surface area contributed by atoms with Crippen LogP contribution in [0.4, 0.5) is 0 Å². The first-order valence-electron chi connectivity index (χ1n) is 19.2. The summed E-state index contributed by atoms with van der Waals surface area (Å²) in [4.78, 5) is 52.4. The van der Waals surface area contributed by atoms with E-state index < -0.39 is 72.3 Å². The fourth-order valence-electron chi connectivity index (χ4n) is 4.83. The molecular formula is C37H68O14P2. The molecule has 0 spiro atoms. The van der Waals surface area contributed by atoms with Crippen molar-refractivity contribution in [3.63, 3.8) is 0 Å². The Morgan fingerprint density at radius 3 is 1.91 bits per heavy atom. The number of phosphoric acid groups is 2. The Morgan fingerprint density at radius 2 is 1.26 bits per heavy atom. The molecule has 0 radical (unpaired) electrons. The smallest absolute Gasteiger partial charge is 0.462 e. The van der Waals surface area contributed by atoms with E-state index in [0.29, 0.717) is 19.3 Å². The van der Waals surface area contributed by atoms with Gasteiger partial charge in [-0.2, -0.15) is 0 Å². The molecule has 16 heteroatoms. The van der Waals surface area contributed by atoms with E-state index in [4.69, 9.17) is 23.8 Å². The molecule has 5 N–H and O–H groups in total. The van der Waals surface area contributed by atoms with Crippen LogP contribution in [0.5, 0.6) is 0 Å². The maximum absolute atomic E-state index is 12.6. The standard InChI is InChI=1S/C37H68O14P2/c1-4-6-18-24-33(38)25-20-15-10-8-7-9-11-17-22-27-37(41)51-35(31-50-53(45,46)49-29-34(39)28-48-52(42,43)44)30-47-36(40)26-21-16-13-12-14-19-23-32(3)5-2/h6,10,15,18,20,25,32-35,38-39H,4-5,7-9,11-14,16-17,19,21-24,26-31H2,1-3H3,(H,45,46)(H2,42,43,44)/b15-10+,18-6+,25-20+/t32?,33?,34-,35+/m0/s1. The number of rotatable bonds is 35. The normalized spacial score (nSPS) is 15.8. The van der Waals surface area contributed by atoms with E-state index in [0.717, 1.165) is 63.7 Å². The Morgan fingerprint density at radius 1 is 0.679 bits per heavy atom. The molecule has 53 heavy (non-hydrogen) atoms. The molecule has 0 saturated carbocycles. The van der Waals surface area contributed by atoms with Gasteiger partial charge >= 0.3 is 27.6 Å². The number of aliphatic hydroxyl groups is 2. The predicted molar refractivity (Wildman–Crippen MR) is 204 cm³/mol. The number of ether oxygens (including phenoxy) is 2. The van der Waals surface area contributed by atoms with Crippen LogP contribution in [0.3, 0.4) is 0 Å². The SMILES string of the molecule is CC/C=C/CC(O)/C=C/C=C/CCCCCCCC(=O)O[C@H](COC(=O)CCCCCCCCC(C)CC)COP(=O)(O)OC[C@@H](O)COP(=O)(O)O. The summed E-state index contributed by atoms with van der Waals surface area (Å²) in [5.74, 6) is -0.347. The number of carbonyl (C=O) groups is 2. The zero-order valence-corrected chi connectivity index (χ0v) is 33.9. The predicted octanol–water partition coefficient (Wildman–Crippen LogP) is 7.77. The van der Waals surface area contributed by atoms with Gasteiger partial charge in [0.25, 0.3) is 0 Å². The van der Waals surface area contributed by atoms with Crippen LogP contribution in [0.25, 0.3) is 0 Å². The average Bonchev–Trinajstić information content (AvgIpc) is 3.10. The number of allylic oxidation sites excluding steroid dienone is 4. The Kier molecular flexibility index (Phi) is 31.5. The number of unbranched alkanes of at least 4 members (excludes halogenated alkanes) is 10. The Labute approximate surface area is 317 Å². The molecule has 0 saturated heterocycles. The molecule has 0 aromatic heterocycles. The number of esters is 2. The van der Waals surface area contributed by atoms with E-state index >= 15 is 0 Å². The van der Waals surface area contributed by atoms with E-state index in [2.05, 4.69) is 22.9 Å². The molecule has 14 nitrogen and oxygen atoms in total. The summed E-state index contributed by atoms with van der Waals surface area (Å²) in [6.07, 6.45) is 23.6. The molecule has 0 bridgehead atoms. The lowest BCUT2D eigenvalue weighted by atomic mass is 10.00. The zero-order chi connectivity index (χ0) is 39.8. The minimum absolute atomic E-state index is 0.0846. The second-order valence-electron chi connectivity index (χ2n) is 13.3. The lowest BCUT2D eigenvalue weighted by molar-refractivity contribution is -0.161. The van der Waals surface area contributed by atoms with Crippen LogP contribution in [0.2, 0.25) is 0 Å². The van der Waals surface area contributed by atoms with E-state index in [-0.39, 0.29) is 12.8 Å². The van der Waals surface area contributed by atoms with Crippen LogP contribution in [0, 0.1) is 5.92 Å². The summed E-state index contributed by atoms with van der Waals surface area (Å²) < 4.78 is 47.5. The molecule has 0 aliphatic heterocycles. The van der Waals surface area contributed by atoms with Gasteiger partial charge in [0.15, 0.2) is 6.10 Å². The summed E-state index contributed by atoms with van der Waals surface area (Å²) in [5.41, 5.74) is 0. The Balaban J connectivity index is 4.67. The molecule has 3 unspecified atom stereocenters. The van der Waals surface area contributed by atoms with Crippen LogP contribution in [0.1, 0.15) is 136 Å². The molecule has 0 aliphatic rings. The molecule has 0 rings (SSSR count). The van der Waals surface area contributed by atoms with Gasteiger partial charge in [-0.1, -0.05) is 121 Å². The van der Waals surface area contributed by atoms with E-state index in [9.17, 15) is 33.8 Å². The molecule has 310 valence electrons. The van der Waals surface area contributed by atoms with Gasteiger partial charge in [0.1, 0.15) is 12.7 Å². The van der Waals surface area contributed by atoms with E-state index in [1.165, 1.54) is 25.7 Å². The van der Waals surface area contributed by atoms with E-state index in [1.54, 1.807) is 6.08 Å². The molecule has 0 amide bonds. The second-order valence-corrected chi connectivity index (χ2v) is 16.0. The van der Waals surface area contributed by atoms with Crippen molar-refractivity contribution in [2.24, 2.45) is 5.92 Å². The highest BCUT2D eigenvalue weighted by Crippen LogP contribution is 2.43. The highest BCUT2D eigenvalue weighted by Gasteiger charge is 2.28. The zero-order valence-electron chi connectivity index (χ0n) is 32.1. The third kappa shape index (κ3) is 35.7. The third-order valence-electron chi connectivity index (χ3n) is 8.15. The van der Waals surface area contributed by atoms with Crippen molar-refractivity contribution in [1.29, 1.82) is 0 Å². The molecule has 5 atom stereocenters. The van der Waals surface area contributed by atoms with Crippen LogP contribution in [-0.2, 0) is 41.8 Å². The lowest BCUT2D eigenvalue weighted by Crippen LogP contribution is -2.30. The van der Waals surface area contributed by atoms with Crippen molar-refractivity contribution < 1.29 is 66.7 Å². The van der Waals surface area contributed by atoms with Crippen molar-refractivity contribution >= 4 is 27.6 Å². The van der Waals surface area contributed by atoms with Gasteiger partial charge in [-0.15, -0.1) is 0 Å². The Hall–Kier alpha value is -1.70. The second kappa shape index (κ2) is 32.5. The van der Waals surface area contributed by atoms with Crippen LogP contribution in [-0.4, -0.2) is 81.6 Å². The summed E-state index contributed by atoms with van der Waals surface area (Å²) >= 11 is 0. The summed E-state index contributed by atoms with van der Waals surface area (Å²) in [7, 11) is -9.68. The largest absolute Gasteiger partial charge is 0.472 e. The number of carbonyl (C=O) groups excluding carboxylic acids is 2. The third-order valence-corrected chi connectivity index (χ3v) is 9.59. The highest BCUT2D eigenvalue weighted by molar-refractivity contribution is 7.47. The van der Waals surface area contributed by atoms with Gasteiger partial charge in [-0.25, -0.2) is 9.13 Å². The first-order chi connectivity index (χ1) is 25.2. The number of hydrogen-bond donors (Lipinski definition) is 5. The maximum atomic E-state index is 12.6. The molecule has 0 aromatic rings. The van der Waals surface area contributed by atoms with Crippen molar-refractivity contribution in [3.8, 4) is 0 Å². The summed E-state index contributed by atoms with van der Waals surface area (Å²) in [5, 5.41) is 19.6. The van der Waals surface area contributed by atoms with Crippen molar-refractivity contribution in [3.05, 3.63) is 36.5 Å². The van der Waals surface area contributed by atoms with Gasteiger partial charge in [0.2, 0.25) is 0 Å². The van der Waals surface area contributed by atoms with Crippen molar-refractivity contribution in [1.82, 2.24) is 0 Å². The molecule has 0 aliphatic carbocycles. The molecule has 0 heterocycles. The van der Waals surface area contributed by atoms with Crippen LogP contribution < -0.4 is 0 Å². The first-order valence-corrected chi connectivity index (χ1v) is 22.2.